The van der Waals surface area contributed by atoms with Gasteiger partial charge in [-0.1, -0.05) is 0 Å². The van der Waals surface area contributed by atoms with E-state index in [1.807, 2.05) is 36.1 Å². The monoisotopic (exact) mass is 564 g/mol. The lowest BCUT2D eigenvalue weighted by Gasteiger charge is -2.32. The number of rotatable bonds is 8. The normalized spacial score (nSPS) is 19.1. The highest BCUT2D eigenvalue weighted by Gasteiger charge is 2.29. The summed E-state index contributed by atoms with van der Waals surface area (Å²) in [6.07, 6.45) is 2.47. The van der Waals surface area contributed by atoms with Gasteiger partial charge in [-0.05, 0) is 53.8 Å². The maximum absolute atomic E-state index is 13.8. The van der Waals surface area contributed by atoms with E-state index in [9.17, 15) is 18.9 Å². The molecule has 1 atom stereocenters. The summed E-state index contributed by atoms with van der Waals surface area (Å²) in [6.45, 7) is 5.54. The molecule has 0 saturated carbocycles. The molecule has 31 heavy (non-hydrogen) atoms. The summed E-state index contributed by atoms with van der Waals surface area (Å²) in [7, 11) is -3.15. The van der Waals surface area contributed by atoms with Crippen LogP contribution in [0.2, 0.25) is 0 Å². The molecule has 1 aromatic rings. The van der Waals surface area contributed by atoms with Gasteiger partial charge in [0, 0.05) is 61.2 Å². The maximum atomic E-state index is 13.8. The second kappa shape index (κ2) is 13.1. The summed E-state index contributed by atoms with van der Waals surface area (Å²) >= 11 is 2.20. The molecule has 0 radical (unpaired) electrons. The molecule has 0 aromatic heterocycles. The first-order valence-electron chi connectivity index (χ1n) is 10.2. The number of hydrogen-bond donors (Lipinski definition) is 0. The molecule has 0 aliphatic carbocycles. The lowest BCUT2D eigenvalue weighted by molar-refractivity contribution is -0.123. The first kappa shape index (κ1) is 25.8. The minimum atomic E-state index is -3.15. The van der Waals surface area contributed by atoms with Crippen LogP contribution in [0, 0.1) is 3.57 Å². The highest BCUT2D eigenvalue weighted by molar-refractivity contribution is 14.1. The van der Waals surface area contributed by atoms with Gasteiger partial charge in [0.25, 0.3) is 0 Å². The molecule has 2 rings (SSSR count). The van der Waals surface area contributed by atoms with Crippen molar-refractivity contribution in [2.24, 2.45) is 0 Å². The average molecular weight is 564 g/mol. The zero-order valence-corrected chi connectivity index (χ0v) is 20.8. The predicted octanol–water partition coefficient (Wildman–Crippen LogP) is 0.879. The van der Waals surface area contributed by atoms with Crippen LogP contribution in [0.5, 0.6) is 0 Å². The van der Waals surface area contributed by atoms with Gasteiger partial charge in [-0.25, -0.2) is 0 Å². The van der Waals surface area contributed by atoms with Gasteiger partial charge in [0.2, 0.25) is 26.6 Å². The summed E-state index contributed by atoms with van der Waals surface area (Å²) in [5.74, 6) is 0. The van der Waals surface area contributed by atoms with Crippen LogP contribution in [0.1, 0.15) is 6.92 Å². The van der Waals surface area contributed by atoms with E-state index in [0.717, 1.165) is 22.8 Å². The molecule has 1 aliphatic rings. The molecule has 1 aliphatic heterocycles. The predicted molar refractivity (Wildman–Crippen MR) is 127 cm³/mol. The SMILES string of the molecule is CCOP(=O)(CN1CCN(C=O)CCN(C=O)CCN(C=O)CC1)c1ccc(I)cc1. The molecular formula is C20H30IN4O5P. The highest BCUT2D eigenvalue weighted by atomic mass is 127. The summed E-state index contributed by atoms with van der Waals surface area (Å²) in [5, 5.41) is 0.655. The van der Waals surface area contributed by atoms with E-state index in [1.165, 1.54) is 0 Å². The summed E-state index contributed by atoms with van der Waals surface area (Å²) in [4.78, 5) is 41.0. The minimum absolute atomic E-state index is 0.196. The minimum Gasteiger partial charge on any atom is -0.342 e. The second-order valence-electron chi connectivity index (χ2n) is 7.25. The van der Waals surface area contributed by atoms with Crippen molar-refractivity contribution in [3.8, 4) is 0 Å². The van der Waals surface area contributed by atoms with Crippen LogP contribution < -0.4 is 5.30 Å². The summed E-state index contributed by atoms with van der Waals surface area (Å²) in [6, 6.07) is 7.47. The zero-order valence-electron chi connectivity index (χ0n) is 17.8. The van der Waals surface area contributed by atoms with E-state index >= 15 is 0 Å². The summed E-state index contributed by atoms with van der Waals surface area (Å²) < 4.78 is 20.6. The molecule has 0 N–H and O–H groups in total. The van der Waals surface area contributed by atoms with E-state index in [2.05, 4.69) is 22.6 Å². The van der Waals surface area contributed by atoms with Crippen molar-refractivity contribution in [3.05, 3.63) is 27.8 Å². The Labute approximate surface area is 197 Å². The number of amides is 3. The molecular weight excluding hydrogens is 534 g/mol. The quantitative estimate of drug-likeness (QED) is 0.265. The van der Waals surface area contributed by atoms with E-state index in [4.69, 9.17) is 4.52 Å². The highest BCUT2D eigenvalue weighted by Crippen LogP contribution is 2.46. The van der Waals surface area contributed by atoms with Gasteiger partial charge in [-0.15, -0.1) is 0 Å². The average Bonchev–Trinajstić information content (AvgIpc) is 2.76. The van der Waals surface area contributed by atoms with E-state index in [-0.39, 0.29) is 6.29 Å². The third kappa shape index (κ3) is 8.17. The Balaban J connectivity index is 2.20. The van der Waals surface area contributed by atoms with Crippen LogP contribution in [0.4, 0.5) is 0 Å². The van der Waals surface area contributed by atoms with Crippen LogP contribution in [0.15, 0.2) is 24.3 Å². The first-order chi connectivity index (χ1) is 14.9. The molecule has 1 fully saturated rings. The molecule has 1 saturated heterocycles. The van der Waals surface area contributed by atoms with Crippen LogP contribution in [-0.2, 0) is 23.5 Å². The molecule has 172 valence electrons. The van der Waals surface area contributed by atoms with Gasteiger partial charge in [0.1, 0.15) is 0 Å². The molecule has 1 heterocycles. The van der Waals surface area contributed by atoms with E-state index in [1.54, 1.807) is 14.7 Å². The van der Waals surface area contributed by atoms with Crippen molar-refractivity contribution in [1.82, 2.24) is 19.6 Å². The number of hydrogen-bond acceptors (Lipinski definition) is 6. The van der Waals surface area contributed by atoms with Crippen molar-refractivity contribution in [2.75, 3.05) is 65.3 Å². The fourth-order valence-corrected chi connectivity index (χ4v) is 5.88. The van der Waals surface area contributed by atoms with Gasteiger partial charge in [0.15, 0.2) is 0 Å². The lowest BCUT2D eigenvalue weighted by Crippen LogP contribution is -2.45. The fourth-order valence-electron chi connectivity index (χ4n) is 3.30. The molecule has 9 nitrogen and oxygen atoms in total. The van der Waals surface area contributed by atoms with Gasteiger partial charge < -0.3 is 19.2 Å². The number of carbonyl (C=O) groups is 3. The number of benzene rings is 1. The standard InChI is InChI=1S/C20H30IN4O5P/c1-2-30-31(29,20-5-3-19(21)4-6-20)18-25-13-11-23(16-27)9-7-22(15-26)8-10-24(17-28)12-14-25/h3-6,15-17H,2,7-14,18H2,1H3. The molecule has 0 bridgehead atoms. The van der Waals surface area contributed by atoms with Crippen molar-refractivity contribution in [3.63, 3.8) is 0 Å². The maximum Gasteiger partial charge on any atom is 0.245 e. The molecule has 1 aromatic carbocycles. The molecule has 3 amide bonds. The Hall–Kier alpha value is -1.49. The third-order valence-electron chi connectivity index (χ3n) is 5.15. The van der Waals surface area contributed by atoms with Gasteiger partial charge in [-0.3, -0.25) is 23.8 Å². The lowest BCUT2D eigenvalue weighted by atomic mass is 10.4. The van der Waals surface area contributed by atoms with Gasteiger partial charge >= 0.3 is 0 Å². The smallest absolute Gasteiger partial charge is 0.245 e. The Morgan fingerprint density at radius 1 is 0.839 bits per heavy atom. The van der Waals surface area contributed by atoms with Crippen LogP contribution in [-0.4, -0.2) is 104 Å². The second-order valence-corrected chi connectivity index (χ2v) is 10.9. The molecule has 11 heteroatoms. The largest absolute Gasteiger partial charge is 0.342 e. The summed E-state index contributed by atoms with van der Waals surface area (Å²) in [5.41, 5.74) is 0. The third-order valence-corrected chi connectivity index (χ3v) is 8.40. The van der Waals surface area contributed by atoms with E-state index < -0.39 is 7.37 Å². The van der Waals surface area contributed by atoms with Gasteiger partial charge in [0.05, 0.1) is 12.9 Å². The topological polar surface area (TPSA) is 90.5 Å². The van der Waals surface area contributed by atoms with Gasteiger partial charge in [-0.2, -0.15) is 0 Å². The van der Waals surface area contributed by atoms with Crippen molar-refractivity contribution in [2.45, 2.75) is 6.92 Å². The Morgan fingerprint density at radius 3 is 1.65 bits per heavy atom. The Bertz CT molecular complexity index is 742. The number of halogens is 1. The zero-order chi connectivity index (χ0) is 22.7. The Kier molecular flexibility index (Phi) is 10.9. The molecule has 0 spiro atoms. The van der Waals surface area contributed by atoms with E-state index in [0.29, 0.717) is 64.3 Å². The number of carbonyl (C=O) groups excluding carboxylic acids is 3. The van der Waals surface area contributed by atoms with Crippen molar-refractivity contribution < 1.29 is 23.5 Å². The van der Waals surface area contributed by atoms with Crippen LogP contribution in [0.25, 0.3) is 0 Å². The number of nitrogens with zero attached hydrogens (tertiary/aromatic N) is 4. The van der Waals surface area contributed by atoms with Crippen LogP contribution >= 0.6 is 30.0 Å². The van der Waals surface area contributed by atoms with Crippen LogP contribution in [0.3, 0.4) is 0 Å². The van der Waals surface area contributed by atoms with Crippen molar-refractivity contribution >= 4 is 54.5 Å². The van der Waals surface area contributed by atoms with Crippen molar-refractivity contribution in [1.29, 1.82) is 0 Å². The first-order valence-corrected chi connectivity index (χ1v) is 13.1. The fraction of sp³-hybridized carbons (Fsp3) is 0.550. The molecule has 1 unspecified atom stereocenters. The Morgan fingerprint density at radius 2 is 1.26 bits per heavy atom.